The van der Waals surface area contributed by atoms with E-state index in [0.29, 0.717) is 12.1 Å². The molecule has 1 aliphatic rings. The summed E-state index contributed by atoms with van der Waals surface area (Å²) >= 11 is 11.5. The van der Waals surface area contributed by atoms with E-state index in [1.54, 1.807) is 0 Å². The summed E-state index contributed by atoms with van der Waals surface area (Å²) in [6, 6.07) is 5.55. The molecule has 1 aromatic carbocycles. The molecule has 1 atom stereocenters. The summed E-state index contributed by atoms with van der Waals surface area (Å²) in [5, 5.41) is 2.57. The summed E-state index contributed by atoms with van der Waals surface area (Å²) in [4.78, 5) is 11.7. The Morgan fingerprint density at radius 2 is 1.90 bits per heavy atom. The van der Waals surface area contributed by atoms with Gasteiger partial charge in [0.05, 0.1) is 5.92 Å². The zero-order valence-electron chi connectivity index (χ0n) is 10.0. The van der Waals surface area contributed by atoms with Gasteiger partial charge in [-0.05, 0) is 30.7 Å². The van der Waals surface area contributed by atoms with Crippen molar-refractivity contribution in [2.24, 2.45) is 5.92 Å². The molecule has 0 bridgehead atoms. The van der Waals surface area contributed by atoms with Crippen molar-refractivity contribution in [1.82, 2.24) is 0 Å². The molecule has 1 aliphatic carbocycles. The zero-order valence-corrected chi connectivity index (χ0v) is 11.5. The fourth-order valence-electron chi connectivity index (χ4n) is 1.53. The van der Waals surface area contributed by atoms with Crippen LogP contribution in [0.4, 0.5) is 18.9 Å². The minimum Gasteiger partial charge on any atom is -0.484 e. The number of carbonyl (C=O) groups is 1. The normalized spacial score (nSPS) is 20.4. The Morgan fingerprint density at radius 1 is 1.35 bits per heavy atom. The minimum atomic E-state index is -4.39. The van der Waals surface area contributed by atoms with Gasteiger partial charge in [0.2, 0.25) is 5.91 Å². The van der Waals surface area contributed by atoms with Crippen LogP contribution in [0.2, 0.25) is 0 Å². The number of hydrogen-bond acceptors (Lipinski definition) is 2. The third-order valence-corrected chi connectivity index (χ3v) is 3.50. The molecule has 1 unspecified atom stereocenters. The molecular weight excluding hydrogens is 318 g/mol. The van der Waals surface area contributed by atoms with Gasteiger partial charge in [-0.3, -0.25) is 4.79 Å². The van der Waals surface area contributed by atoms with Gasteiger partial charge in [-0.1, -0.05) is 0 Å². The lowest BCUT2D eigenvalue weighted by atomic mass is 10.3. The van der Waals surface area contributed by atoms with Gasteiger partial charge in [-0.25, -0.2) is 0 Å². The maximum atomic E-state index is 12.0. The fraction of sp³-hybridized carbons (Fsp3) is 0.417. The number of nitrogens with one attached hydrogen (secondary N) is 1. The van der Waals surface area contributed by atoms with Crippen molar-refractivity contribution >= 4 is 34.8 Å². The molecule has 8 heteroatoms. The fourth-order valence-corrected chi connectivity index (χ4v) is 2.03. The van der Waals surface area contributed by atoms with Crippen LogP contribution in [0, 0.1) is 5.92 Å². The second-order valence-corrected chi connectivity index (χ2v) is 5.98. The van der Waals surface area contributed by atoms with E-state index in [4.69, 9.17) is 23.2 Å². The topological polar surface area (TPSA) is 38.3 Å². The molecule has 0 aliphatic heterocycles. The van der Waals surface area contributed by atoms with Crippen molar-refractivity contribution in [1.29, 1.82) is 0 Å². The van der Waals surface area contributed by atoms with Crippen molar-refractivity contribution in [3.63, 3.8) is 0 Å². The van der Waals surface area contributed by atoms with Gasteiger partial charge in [0.25, 0.3) is 0 Å². The highest BCUT2D eigenvalue weighted by atomic mass is 35.5. The molecule has 20 heavy (non-hydrogen) atoms. The lowest BCUT2D eigenvalue weighted by molar-refractivity contribution is -0.153. The molecule has 0 saturated heterocycles. The van der Waals surface area contributed by atoms with Gasteiger partial charge in [-0.2, -0.15) is 13.2 Å². The van der Waals surface area contributed by atoms with E-state index in [1.807, 2.05) is 0 Å². The van der Waals surface area contributed by atoms with Gasteiger partial charge >= 0.3 is 6.18 Å². The van der Waals surface area contributed by atoms with E-state index in [0.717, 1.165) is 0 Å². The molecule has 1 saturated carbocycles. The molecule has 1 N–H and O–H groups in total. The van der Waals surface area contributed by atoms with E-state index in [-0.39, 0.29) is 11.7 Å². The van der Waals surface area contributed by atoms with Crippen LogP contribution in [0.15, 0.2) is 24.3 Å². The SMILES string of the molecule is O=C(Nc1ccc(OCC(F)(F)F)cc1)C1CC1(Cl)Cl. The van der Waals surface area contributed by atoms with E-state index < -0.39 is 23.0 Å². The first-order chi connectivity index (χ1) is 9.17. The standard InChI is InChI=1S/C12H10Cl2F3NO2/c13-11(14)5-9(11)10(19)18-7-1-3-8(4-2-7)20-6-12(15,16)17/h1-4,9H,5-6H2,(H,18,19). The van der Waals surface area contributed by atoms with E-state index in [1.165, 1.54) is 24.3 Å². The van der Waals surface area contributed by atoms with Crippen molar-refractivity contribution in [3.8, 4) is 5.75 Å². The average molecular weight is 328 g/mol. The molecule has 2 rings (SSSR count). The number of halogens is 5. The highest BCUT2D eigenvalue weighted by Gasteiger charge is 2.56. The predicted molar refractivity (Wildman–Crippen MR) is 69.2 cm³/mol. The number of hydrogen-bond donors (Lipinski definition) is 1. The summed E-state index contributed by atoms with van der Waals surface area (Å²) in [6.45, 7) is -1.36. The Labute approximate surface area is 123 Å². The smallest absolute Gasteiger partial charge is 0.422 e. The largest absolute Gasteiger partial charge is 0.484 e. The number of benzene rings is 1. The monoisotopic (exact) mass is 327 g/mol. The first-order valence-electron chi connectivity index (χ1n) is 5.66. The van der Waals surface area contributed by atoms with Crippen LogP contribution in [0.5, 0.6) is 5.75 Å². The summed E-state index contributed by atoms with van der Waals surface area (Å²) in [5.74, 6) is -0.721. The Kier molecular flexibility index (Phi) is 4.07. The van der Waals surface area contributed by atoms with Gasteiger partial charge < -0.3 is 10.1 Å². The molecule has 1 aromatic rings. The third-order valence-electron chi connectivity index (χ3n) is 2.67. The second kappa shape index (κ2) is 5.33. The Morgan fingerprint density at radius 3 is 2.35 bits per heavy atom. The number of anilines is 1. The average Bonchev–Trinajstić information content (AvgIpc) is 2.97. The highest BCUT2D eigenvalue weighted by molar-refractivity contribution is 6.52. The quantitative estimate of drug-likeness (QED) is 0.855. The maximum Gasteiger partial charge on any atom is 0.422 e. The predicted octanol–water partition coefficient (Wildman–Crippen LogP) is 3.76. The van der Waals surface area contributed by atoms with Gasteiger partial charge in [0.15, 0.2) is 6.61 Å². The molecular formula is C12H10Cl2F3NO2. The van der Waals surface area contributed by atoms with Crippen LogP contribution >= 0.6 is 23.2 Å². The summed E-state index contributed by atoms with van der Waals surface area (Å²) in [5.41, 5.74) is 0.436. The second-order valence-electron chi connectivity index (χ2n) is 4.44. The van der Waals surface area contributed by atoms with Gasteiger partial charge in [-0.15, -0.1) is 23.2 Å². The number of ether oxygens (including phenoxy) is 1. The third kappa shape index (κ3) is 4.18. The number of alkyl halides is 5. The van der Waals surface area contributed by atoms with Crippen molar-refractivity contribution < 1.29 is 22.7 Å². The number of rotatable bonds is 4. The van der Waals surface area contributed by atoms with Crippen LogP contribution in [0.25, 0.3) is 0 Å². The number of carbonyl (C=O) groups excluding carboxylic acids is 1. The van der Waals surface area contributed by atoms with Crippen LogP contribution in [0.1, 0.15) is 6.42 Å². The van der Waals surface area contributed by atoms with Crippen LogP contribution in [-0.2, 0) is 4.79 Å². The van der Waals surface area contributed by atoms with Crippen LogP contribution < -0.4 is 10.1 Å². The van der Waals surface area contributed by atoms with Crippen molar-refractivity contribution in [2.75, 3.05) is 11.9 Å². The summed E-state index contributed by atoms with van der Waals surface area (Å²) in [6.07, 6.45) is -4.00. The van der Waals surface area contributed by atoms with Crippen molar-refractivity contribution in [3.05, 3.63) is 24.3 Å². The van der Waals surface area contributed by atoms with E-state index >= 15 is 0 Å². The Balaban J connectivity index is 1.87. The molecule has 1 fully saturated rings. The maximum absolute atomic E-state index is 12.0. The molecule has 3 nitrogen and oxygen atoms in total. The van der Waals surface area contributed by atoms with Gasteiger partial charge in [0.1, 0.15) is 10.1 Å². The molecule has 110 valence electrons. The first kappa shape index (κ1) is 15.3. The Bertz CT molecular complexity index is 502. The first-order valence-corrected chi connectivity index (χ1v) is 6.41. The van der Waals surface area contributed by atoms with Crippen LogP contribution in [0.3, 0.4) is 0 Å². The molecule has 0 radical (unpaired) electrons. The molecule has 0 heterocycles. The zero-order chi connectivity index (χ0) is 15.0. The van der Waals surface area contributed by atoms with Crippen LogP contribution in [-0.4, -0.2) is 23.0 Å². The molecule has 0 spiro atoms. The Hall–Kier alpha value is -1.14. The lowest BCUT2D eigenvalue weighted by Gasteiger charge is -2.10. The number of amides is 1. The van der Waals surface area contributed by atoms with E-state index in [2.05, 4.69) is 10.1 Å². The van der Waals surface area contributed by atoms with Crippen molar-refractivity contribution in [2.45, 2.75) is 16.9 Å². The summed E-state index contributed by atoms with van der Waals surface area (Å²) < 4.78 is 39.4. The highest BCUT2D eigenvalue weighted by Crippen LogP contribution is 2.53. The lowest BCUT2D eigenvalue weighted by Crippen LogP contribution is -2.19. The summed E-state index contributed by atoms with van der Waals surface area (Å²) in [7, 11) is 0. The molecule has 0 aromatic heterocycles. The molecule has 1 amide bonds. The van der Waals surface area contributed by atoms with E-state index in [9.17, 15) is 18.0 Å². The minimum absolute atomic E-state index is 0.0655. The van der Waals surface area contributed by atoms with Gasteiger partial charge in [0, 0.05) is 5.69 Å².